The van der Waals surface area contributed by atoms with E-state index in [0.717, 1.165) is 0 Å². The maximum atomic E-state index is 13.4. The van der Waals surface area contributed by atoms with Gasteiger partial charge in [-0.3, -0.25) is 0 Å². The van der Waals surface area contributed by atoms with Gasteiger partial charge in [0.15, 0.2) is 0 Å². The summed E-state index contributed by atoms with van der Waals surface area (Å²) < 4.78 is 108. The predicted molar refractivity (Wildman–Crippen MR) is 329 cm³/mol. The van der Waals surface area contributed by atoms with Gasteiger partial charge in [0.1, 0.15) is 26.4 Å². The number of ether oxygens (including phenoxy) is 20. The normalized spacial score (nSPS) is 11.2. The molecule has 0 fully saturated rings. The second-order valence-electron chi connectivity index (χ2n) is 18.9. The van der Waals surface area contributed by atoms with Crippen molar-refractivity contribution in [1.82, 2.24) is 0 Å². The summed E-state index contributed by atoms with van der Waals surface area (Å²) in [6, 6.07) is 27.6. The standard InChI is InChI=1S/C66H92O24/c1-71-21-25-75-29-33-79-37-41-83-45-49-87-63(67)57-13-5-53(6-14-57)61(54-7-15-58(16-8-54)64(68)88-50-46-84-42-38-80-34-30-76-26-22-72-2)62(55-9-17-59(18-10-55)65(69)89-51-47-85-43-39-81-35-31-77-27-23-73-3)56-11-19-60(20-12-56)66(70)90-52-48-86-44-40-82-36-32-78-28-24-74-4/h5-20H,21-52H2,1-4H3. The van der Waals surface area contributed by atoms with Crippen LogP contribution < -0.4 is 0 Å². The molecule has 0 atom stereocenters. The minimum absolute atomic E-state index is 0.0129. The Morgan fingerprint density at radius 2 is 0.311 bits per heavy atom. The second-order valence-corrected chi connectivity index (χ2v) is 18.9. The van der Waals surface area contributed by atoms with E-state index in [4.69, 9.17) is 94.7 Å². The van der Waals surface area contributed by atoms with Gasteiger partial charge in [-0.1, -0.05) is 48.5 Å². The molecule has 0 aliphatic rings. The van der Waals surface area contributed by atoms with Gasteiger partial charge in [-0.25, -0.2) is 19.2 Å². The van der Waals surface area contributed by atoms with Crippen molar-refractivity contribution < 1.29 is 114 Å². The lowest BCUT2D eigenvalue weighted by atomic mass is 9.85. The van der Waals surface area contributed by atoms with E-state index in [-0.39, 0.29) is 75.1 Å². The van der Waals surface area contributed by atoms with Crippen LogP contribution in [-0.4, -0.2) is 264 Å². The van der Waals surface area contributed by atoms with Crippen LogP contribution >= 0.6 is 0 Å². The zero-order valence-electron chi connectivity index (χ0n) is 52.7. The molecule has 0 heterocycles. The molecule has 500 valence electrons. The minimum atomic E-state index is -0.557. The van der Waals surface area contributed by atoms with E-state index in [9.17, 15) is 19.2 Å². The quantitative estimate of drug-likeness (QED) is 0.0209. The van der Waals surface area contributed by atoms with E-state index in [1.807, 2.05) is 0 Å². The van der Waals surface area contributed by atoms with Gasteiger partial charge in [0, 0.05) is 28.4 Å². The summed E-state index contributed by atoms with van der Waals surface area (Å²) in [5, 5.41) is 0. The third-order valence-electron chi connectivity index (χ3n) is 12.4. The molecule has 0 saturated carbocycles. The molecule has 0 aliphatic heterocycles. The van der Waals surface area contributed by atoms with Gasteiger partial charge in [0.25, 0.3) is 0 Å². The number of methoxy groups -OCH3 is 4. The van der Waals surface area contributed by atoms with Crippen molar-refractivity contribution in [2.75, 3.05) is 240 Å². The molecule has 0 spiro atoms. The summed E-state index contributed by atoms with van der Waals surface area (Å²) in [5.41, 5.74) is 5.13. The zero-order valence-corrected chi connectivity index (χ0v) is 52.7. The van der Waals surface area contributed by atoms with Gasteiger partial charge in [-0.15, -0.1) is 0 Å². The van der Waals surface area contributed by atoms with E-state index in [1.165, 1.54) is 0 Å². The van der Waals surface area contributed by atoms with Crippen LogP contribution in [0.25, 0.3) is 11.1 Å². The Balaban J connectivity index is 1.56. The van der Waals surface area contributed by atoms with E-state index in [0.29, 0.717) is 192 Å². The lowest BCUT2D eigenvalue weighted by Crippen LogP contribution is -2.14. The van der Waals surface area contributed by atoms with Gasteiger partial charge < -0.3 is 94.7 Å². The Labute approximate surface area is 528 Å². The zero-order chi connectivity index (χ0) is 64.2. The van der Waals surface area contributed by atoms with Crippen LogP contribution in [-0.2, 0) is 94.7 Å². The molecule has 4 rings (SSSR count). The Kier molecular flexibility index (Phi) is 43.6. The Morgan fingerprint density at radius 3 is 0.456 bits per heavy atom. The first-order valence-corrected chi connectivity index (χ1v) is 30.0. The van der Waals surface area contributed by atoms with Gasteiger partial charge in [-0.2, -0.15) is 0 Å². The van der Waals surface area contributed by atoms with Crippen LogP contribution in [0.5, 0.6) is 0 Å². The fraction of sp³-hybridized carbons (Fsp3) is 0.545. The molecule has 0 unspecified atom stereocenters. The first kappa shape index (κ1) is 76.3. The van der Waals surface area contributed by atoms with Crippen molar-refractivity contribution in [3.63, 3.8) is 0 Å². The summed E-state index contributed by atoms with van der Waals surface area (Å²) >= 11 is 0. The monoisotopic (exact) mass is 1270 g/mol. The van der Waals surface area contributed by atoms with E-state index < -0.39 is 23.9 Å². The van der Waals surface area contributed by atoms with Crippen LogP contribution in [0.3, 0.4) is 0 Å². The maximum absolute atomic E-state index is 13.4. The molecular weight excluding hydrogens is 1180 g/mol. The molecule has 0 saturated heterocycles. The SMILES string of the molecule is COCCOCCOCCOCCOC(=O)c1ccc(C(=C(c2ccc(C(=O)OCCOCCOCCOCCOC)cc2)c2ccc(C(=O)OCCOCCOCCOCCOC)cc2)c2ccc(C(=O)OCCOCCOCCOCCOC)cc2)cc1. The maximum Gasteiger partial charge on any atom is 0.338 e. The summed E-state index contributed by atoms with van der Waals surface area (Å²) in [6.45, 7) is 10.7. The smallest absolute Gasteiger partial charge is 0.338 e. The first-order chi connectivity index (χ1) is 44.3. The van der Waals surface area contributed by atoms with Crippen LogP contribution in [0.2, 0.25) is 0 Å². The molecule has 0 amide bonds. The average Bonchev–Trinajstić information content (AvgIpc) is 0.895. The molecule has 24 nitrogen and oxygen atoms in total. The van der Waals surface area contributed by atoms with Crippen molar-refractivity contribution in [3.8, 4) is 0 Å². The molecule has 24 heteroatoms. The summed E-state index contributed by atoms with van der Waals surface area (Å²) in [4.78, 5) is 53.5. The number of carbonyl (C=O) groups is 4. The molecule has 0 aliphatic carbocycles. The Hall–Kier alpha value is -6.14. The lowest BCUT2D eigenvalue weighted by molar-refractivity contribution is -0.00559. The predicted octanol–water partition coefficient (Wildman–Crippen LogP) is 6.11. The molecule has 0 N–H and O–H groups in total. The van der Waals surface area contributed by atoms with Crippen molar-refractivity contribution in [2.45, 2.75) is 0 Å². The Bertz CT molecular complexity index is 2160. The van der Waals surface area contributed by atoms with Crippen molar-refractivity contribution in [1.29, 1.82) is 0 Å². The van der Waals surface area contributed by atoms with Crippen LogP contribution in [0, 0.1) is 0 Å². The molecule has 90 heavy (non-hydrogen) atoms. The topological polar surface area (TPSA) is 253 Å². The molecule has 4 aromatic rings. The third kappa shape index (κ3) is 33.8. The van der Waals surface area contributed by atoms with Gasteiger partial charge in [-0.05, 0) is 81.9 Å². The first-order valence-electron chi connectivity index (χ1n) is 30.0. The minimum Gasteiger partial charge on any atom is -0.460 e. The van der Waals surface area contributed by atoms with E-state index in [1.54, 1.807) is 126 Å². The fourth-order valence-corrected chi connectivity index (χ4v) is 7.85. The van der Waals surface area contributed by atoms with Crippen molar-refractivity contribution >= 4 is 35.0 Å². The van der Waals surface area contributed by atoms with Crippen molar-refractivity contribution in [2.24, 2.45) is 0 Å². The highest BCUT2D eigenvalue weighted by molar-refractivity contribution is 6.06. The number of carbonyl (C=O) groups excluding carboxylic acids is 4. The van der Waals surface area contributed by atoms with Gasteiger partial charge >= 0.3 is 23.9 Å². The number of rotatable bonds is 56. The highest BCUT2D eigenvalue weighted by Gasteiger charge is 2.21. The average molecular weight is 1270 g/mol. The highest BCUT2D eigenvalue weighted by Crippen LogP contribution is 2.38. The van der Waals surface area contributed by atoms with Gasteiger partial charge in [0.2, 0.25) is 0 Å². The third-order valence-corrected chi connectivity index (χ3v) is 12.4. The number of benzene rings is 4. The van der Waals surface area contributed by atoms with Crippen LogP contribution in [0.15, 0.2) is 97.1 Å². The summed E-state index contributed by atoms with van der Waals surface area (Å²) in [7, 11) is 6.44. The largest absolute Gasteiger partial charge is 0.460 e. The van der Waals surface area contributed by atoms with Crippen LogP contribution in [0.4, 0.5) is 0 Å². The summed E-state index contributed by atoms with van der Waals surface area (Å²) in [5.74, 6) is -2.23. The van der Waals surface area contributed by atoms with Gasteiger partial charge in [0.05, 0.1) is 207 Å². The molecular formula is C66H92O24. The second kappa shape index (κ2) is 51.5. The van der Waals surface area contributed by atoms with E-state index >= 15 is 0 Å². The van der Waals surface area contributed by atoms with Crippen LogP contribution in [0.1, 0.15) is 63.7 Å². The molecule has 0 aromatic heterocycles. The fourth-order valence-electron chi connectivity index (χ4n) is 7.85. The summed E-state index contributed by atoms with van der Waals surface area (Å²) in [6.07, 6.45) is 0. The molecule has 0 radical (unpaired) electrons. The molecule has 0 bridgehead atoms. The van der Waals surface area contributed by atoms with Crippen molar-refractivity contribution in [3.05, 3.63) is 142 Å². The highest BCUT2D eigenvalue weighted by atomic mass is 16.6. The number of esters is 4. The Morgan fingerprint density at radius 1 is 0.189 bits per heavy atom. The van der Waals surface area contributed by atoms with E-state index in [2.05, 4.69) is 0 Å². The lowest BCUT2D eigenvalue weighted by Gasteiger charge is -2.19. The number of hydrogen-bond acceptors (Lipinski definition) is 24. The number of hydrogen-bond donors (Lipinski definition) is 0. The molecule has 4 aromatic carbocycles.